The molecule has 1 N–H and O–H groups in total. The second kappa shape index (κ2) is 6.44. The van der Waals surface area contributed by atoms with Crippen molar-refractivity contribution in [2.75, 3.05) is 37.7 Å². The molecule has 17 heavy (non-hydrogen) atoms. The van der Waals surface area contributed by atoms with E-state index in [0.717, 1.165) is 6.04 Å². The molecule has 2 fully saturated rings. The molecule has 0 amide bonds. The van der Waals surface area contributed by atoms with Crippen LogP contribution in [0.3, 0.4) is 0 Å². The van der Waals surface area contributed by atoms with Gasteiger partial charge in [0.15, 0.2) is 0 Å². The highest BCUT2D eigenvalue weighted by Crippen LogP contribution is 2.34. The van der Waals surface area contributed by atoms with Crippen LogP contribution in [0, 0.1) is 5.41 Å². The molecule has 0 unspecified atom stereocenters. The van der Waals surface area contributed by atoms with E-state index in [9.17, 15) is 0 Å². The van der Waals surface area contributed by atoms with E-state index in [-0.39, 0.29) is 0 Å². The molecule has 1 saturated heterocycles. The van der Waals surface area contributed by atoms with Crippen molar-refractivity contribution in [2.45, 2.75) is 45.6 Å². The molecule has 1 saturated carbocycles. The number of hydrogen-bond donors (Lipinski definition) is 1. The summed E-state index contributed by atoms with van der Waals surface area (Å²) in [4.78, 5) is 2.61. The van der Waals surface area contributed by atoms with E-state index >= 15 is 0 Å². The van der Waals surface area contributed by atoms with Gasteiger partial charge in [0.2, 0.25) is 0 Å². The van der Waals surface area contributed by atoms with Gasteiger partial charge in [0.1, 0.15) is 0 Å². The molecule has 0 aromatic heterocycles. The third kappa shape index (κ3) is 4.80. The molecule has 1 aliphatic carbocycles. The molecule has 3 heteroatoms. The topological polar surface area (TPSA) is 15.3 Å². The van der Waals surface area contributed by atoms with Crippen molar-refractivity contribution in [1.29, 1.82) is 0 Å². The zero-order valence-corrected chi connectivity index (χ0v) is 12.3. The van der Waals surface area contributed by atoms with E-state index in [0.29, 0.717) is 5.41 Å². The summed E-state index contributed by atoms with van der Waals surface area (Å²) in [6.07, 6.45) is 5.54. The summed E-state index contributed by atoms with van der Waals surface area (Å²) in [6.45, 7) is 9.85. The van der Waals surface area contributed by atoms with Gasteiger partial charge in [-0.2, -0.15) is 11.8 Å². The van der Waals surface area contributed by atoms with Crippen LogP contribution >= 0.6 is 11.8 Å². The largest absolute Gasteiger partial charge is 0.313 e. The summed E-state index contributed by atoms with van der Waals surface area (Å²) in [7, 11) is 0. The lowest BCUT2D eigenvalue weighted by atomic mass is 9.75. The molecule has 2 nitrogen and oxygen atoms in total. The molecule has 0 aromatic rings. The normalized spacial score (nSPS) is 27.2. The lowest BCUT2D eigenvalue weighted by Gasteiger charge is -2.35. The van der Waals surface area contributed by atoms with Crippen LogP contribution in [-0.2, 0) is 0 Å². The van der Waals surface area contributed by atoms with E-state index < -0.39 is 0 Å². The summed E-state index contributed by atoms with van der Waals surface area (Å²) in [5.41, 5.74) is 0.599. The van der Waals surface area contributed by atoms with Crippen molar-refractivity contribution in [3.63, 3.8) is 0 Å². The Bertz CT molecular complexity index is 214. The first-order chi connectivity index (χ1) is 8.16. The highest BCUT2D eigenvalue weighted by atomic mass is 32.2. The highest BCUT2D eigenvalue weighted by molar-refractivity contribution is 7.99. The average Bonchev–Trinajstić information content (AvgIpc) is 2.33. The van der Waals surface area contributed by atoms with Crippen LogP contribution < -0.4 is 5.32 Å². The summed E-state index contributed by atoms with van der Waals surface area (Å²) in [6, 6.07) is 0.794. The Morgan fingerprint density at radius 3 is 2.47 bits per heavy atom. The van der Waals surface area contributed by atoms with E-state index in [1.54, 1.807) is 0 Å². The second-order valence-electron chi connectivity index (χ2n) is 6.35. The minimum absolute atomic E-state index is 0.599. The maximum absolute atomic E-state index is 3.76. The Morgan fingerprint density at radius 2 is 1.82 bits per heavy atom. The highest BCUT2D eigenvalue weighted by Gasteiger charge is 2.26. The molecule has 0 aromatic carbocycles. The number of nitrogens with one attached hydrogen (secondary N) is 1. The van der Waals surface area contributed by atoms with Gasteiger partial charge in [-0.3, -0.25) is 0 Å². The van der Waals surface area contributed by atoms with Gasteiger partial charge < -0.3 is 10.2 Å². The molecule has 100 valence electrons. The fourth-order valence-electron chi connectivity index (χ4n) is 2.85. The van der Waals surface area contributed by atoms with E-state index in [1.165, 1.54) is 63.4 Å². The van der Waals surface area contributed by atoms with Crippen molar-refractivity contribution in [3.05, 3.63) is 0 Å². The summed E-state index contributed by atoms with van der Waals surface area (Å²) < 4.78 is 0. The molecule has 0 bridgehead atoms. The predicted octanol–water partition coefficient (Wildman–Crippen LogP) is 2.59. The van der Waals surface area contributed by atoms with Gasteiger partial charge in [0, 0.05) is 43.7 Å². The molecule has 0 radical (unpaired) electrons. The lowest BCUT2D eigenvalue weighted by Crippen LogP contribution is -2.42. The first-order valence-electron chi connectivity index (χ1n) is 7.19. The van der Waals surface area contributed by atoms with Gasteiger partial charge >= 0.3 is 0 Å². The smallest absolute Gasteiger partial charge is 0.0108 e. The van der Waals surface area contributed by atoms with Gasteiger partial charge in [-0.05, 0) is 31.1 Å². The first-order valence-corrected chi connectivity index (χ1v) is 8.35. The number of thioether (sulfide) groups is 1. The van der Waals surface area contributed by atoms with Gasteiger partial charge in [-0.25, -0.2) is 0 Å². The van der Waals surface area contributed by atoms with Crippen molar-refractivity contribution in [3.8, 4) is 0 Å². The zero-order chi connectivity index (χ0) is 12.1. The van der Waals surface area contributed by atoms with E-state index in [4.69, 9.17) is 0 Å². The fraction of sp³-hybridized carbons (Fsp3) is 1.00. The third-order valence-corrected chi connectivity index (χ3v) is 5.25. The van der Waals surface area contributed by atoms with Gasteiger partial charge in [0.25, 0.3) is 0 Å². The third-order valence-electron chi connectivity index (χ3n) is 4.30. The number of hydrogen-bond acceptors (Lipinski definition) is 3. The maximum atomic E-state index is 3.76. The SMILES string of the molecule is CC1(C)CCC(NCCN2CCSCC2)CC1. The van der Waals surface area contributed by atoms with Crippen LogP contribution in [0.15, 0.2) is 0 Å². The molecule has 1 heterocycles. The minimum atomic E-state index is 0.599. The summed E-state index contributed by atoms with van der Waals surface area (Å²) in [5.74, 6) is 2.66. The van der Waals surface area contributed by atoms with Crippen LogP contribution in [-0.4, -0.2) is 48.6 Å². The van der Waals surface area contributed by atoms with E-state index in [1.807, 2.05) is 0 Å². The van der Waals surface area contributed by atoms with Gasteiger partial charge in [-0.1, -0.05) is 13.8 Å². The number of rotatable bonds is 4. The lowest BCUT2D eigenvalue weighted by molar-refractivity contribution is 0.201. The van der Waals surface area contributed by atoms with Crippen molar-refractivity contribution < 1.29 is 0 Å². The van der Waals surface area contributed by atoms with Crippen molar-refractivity contribution in [1.82, 2.24) is 10.2 Å². The van der Waals surface area contributed by atoms with Crippen LogP contribution in [0.25, 0.3) is 0 Å². The molecule has 2 aliphatic rings. The van der Waals surface area contributed by atoms with Crippen LogP contribution in [0.5, 0.6) is 0 Å². The molecule has 0 atom stereocenters. The Labute approximate surface area is 111 Å². The predicted molar refractivity (Wildman–Crippen MR) is 77.8 cm³/mol. The molecule has 2 rings (SSSR count). The maximum Gasteiger partial charge on any atom is 0.0108 e. The molecule has 1 aliphatic heterocycles. The molecular weight excluding hydrogens is 228 g/mol. The Kier molecular flexibility index (Phi) is 5.19. The summed E-state index contributed by atoms with van der Waals surface area (Å²) >= 11 is 2.10. The van der Waals surface area contributed by atoms with E-state index in [2.05, 4.69) is 35.8 Å². The average molecular weight is 256 g/mol. The standard InChI is InChI=1S/C14H28N2S/c1-14(2)5-3-13(4-6-14)15-7-8-16-9-11-17-12-10-16/h13,15H,3-12H2,1-2H3. The first kappa shape index (κ1) is 13.7. The van der Waals surface area contributed by atoms with Crippen LogP contribution in [0.1, 0.15) is 39.5 Å². The van der Waals surface area contributed by atoms with Gasteiger partial charge in [-0.15, -0.1) is 0 Å². The quantitative estimate of drug-likeness (QED) is 0.832. The van der Waals surface area contributed by atoms with Crippen molar-refractivity contribution in [2.24, 2.45) is 5.41 Å². The van der Waals surface area contributed by atoms with Crippen LogP contribution in [0.4, 0.5) is 0 Å². The Hall–Kier alpha value is 0.270. The monoisotopic (exact) mass is 256 g/mol. The van der Waals surface area contributed by atoms with Crippen LogP contribution in [0.2, 0.25) is 0 Å². The summed E-state index contributed by atoms with van der Waals surface area (Å²) in [5, 5.41) is 3.76. The minimum Gasteiger partial charge on any atom is -0.313 e. The zero-order valence-electron chi connectivity index (χ0n) is 11.5. The molecular formula is C14H28N2S. The molecule has 0 spiro atoms. The Balaban J connectivity index is 1.56. The Morgan fingerprint density at radius 1 is 1.18 bits per heavy atom. The second-order valence-corrected chi connectivity index (χ2v) is 7.57. The van der Waals surface area contributed by atoms with Gasteiger partial charge in [0.05, 0.1) is 0 Å². The fourth-order valence-corrected chi connectivity index (χ4v) is 3.83. The number of nitrogens with zero attached hydrogens (tertiary/aromatic N) is 1. The van der Waals surface area contributed by atoms with Crippen molar-refractivity contribution >= 4 is 11.8 Å².